The highest BCUT2D eigenvalue weighted by Gasteiger charge is 2.49. The molecule has 2 unspecified atom stereocenters. The molecule has 1 N–H and O–H groups in total. The minimum absolute atomic E-state index is 0.0461. The number of hydrogen-bond acceptors (Lipinski definition) is 4. The van der Waals surface area contributed by atoms with Crippen molar-refractivity contribution in [2.75, 3.05) is 36.4 Å². The van der Waals surface area contributed by atoms with Crippen LogP contribution < -0.4 is 10.2 Å². The van der Waals surface area contributed by atoms with E-state index < -0.39 is 0 Å². The summed E-state index contributed by atoms with van der Waals surface area (Å²) in [6.07, 6.45) is 0.593. The van der Waals surface area contributed by atoms with E-state index in [2.05, 4.69) is 22.3 Å². The van der Waals surface area contributed by atoms with Crippen molar-refractivity contribution in [2.45, 2.75) is 13.3 Å². The van der Waals surface area contributed by atoms with Gasteiger partial charge in [-0.25, -0.2) is 0 Å². The second-order valence-corrected chi connectivity index (χ2v) is 7.72. The van der Waals surface area contributed by atoms with Crippen molar-refractivity contribution in [2.24, 2.45) is 11.8 Å². The van der Waals surface area contributed by atoms with Crippen LogP contribution in [0.2, 0.25) is 0 Å². The fraction of sp³-hybridized carbons (Fsp3) is 0.348. The summed E-state index contributed by atoms with van der Waals surface area (Å²) >= 11 is 0. The van der Waals surface area contributed by atoms with Gasteiger partial charge < -0.3 is 15.1 Å². The molecule has 1 aliphatic carbocycles. The number of nitrogens with one attached hydrogen (secondary N) is 1. The molecule has 0 radical (unpaired) electrons. The van der Waals surface area contributed by atoms with Gasteiger partial charge in [0.15, 0.2) is 5.78 Å². The zero-order valence-electron chi connectivity index (χ0n) is 16.5. The summed E-state index contributed by atoms with van der Waals surface area (Å²) in [4.78, 5) is 41.0. The Bertz CT molecular complexity index is 920. The lowest BCUT2D eigenvalue weighted by Crippen LogP contribution is -2.49. The monoisotopic (exact) mass is 391 g/mol. The Morgan fingerprint density at radius 1 is 0.897 bits per heavy atom. The SMILES string of the molecule is CC(=O)c1cccc(NC(=O)C2CC2C(=O)N2CCN(c3ccccc3)CC2)c1. The second-order valence-electron chi connectivity index (χ2n) is 7.72. The molecule has 6 nitrogen and oxygen atoms in total. The van der Waals surface area contributed by atoms with Crippen LogP contribution in [0.1, 0.15) is 23.7 Å². The summed E-state index contributed by atoms with van der Waals surface area (Å²) < 4.78 is 0. The second kappa shape index (κ2) is 8.07. The maximum atomic E-state index is 12.8. The molecule has 6 heteroatoms. The van der Waals surface area contributed by atoms with Gasteiger partial charge in [-0.3, -0.25) is 14.4 Å². The van der Waals surface area contributed by atoms with Gasteiger partial charge >= 0.3 is 0 Å². The van der Waals surface area contributed by atoms with E-state index in [1.165, 1.54) is 12.6 Å². The first kappa shape index (κ1) is 19.2. The smallest absolute Gasteiger partial charge is 0.228 e. The van der Waals surface area contributed by atoms with E-state index in [1.54, 1.807) is 24.3 Å². The number of nitrogens with zero attached hydrogens (tertiary/aromatic N) is 2. The number of benzene rings is 2. The zero-order valence-corrected chi connectivity index (χ0v) is 16.5. The van der Waals surface area contributed by atoms with E-state index in [-0.39, 0.29) is 29.4 Å². The third-order valence-corrected chi connectivity index (χ3v) is 5.69. The lowest BCUT2D eigenvalue weighted by atomic mass is 10.1. The molecule has 2 aromatic rings. The summed E-state index contributed by atoms with van der Waals surface area (Å²) in [6, 6.07) is 17.1. The Balaban J connectivity index is 1.29. The van der Waals surface area contributed by atoms with Crippen LogP contribution in [0, 0.1) is 11.8 Å². The van der Waals surface area contributed by atoms with E-state index >= 15 is 0 Å². The first-order chi connectivity index (χ1) is 14.0. The maximum absolute atomic E-state index is 12.8. The lowest BCUT2D eigenvalue weighted by molar-refractivity contribution is -0.134. The van der Waals surface area contributed by atoms with Crippen molar-refractivity contribution >= 4 is 29.0 Å². The summed E-state index contributed by atoms with van der Waals surface area (Å²) in [7, 11) is 0. The van der Waals surface area contributed by atoms with E-state index in [1.807, 2.05) is 23.1 Å². The molecule has 150 valence electrons. The molecular weight excluding hydrogens is 366 g/mol. The van der Waals surface area contributed by atoms with Gasteiger partial charge in [0.05, 0.1) is 11.8 Å². The summed E-state index contributed by atoms with van der Waals surface area (Å²) in [5.41, 5.74) is 2.33. The minimum atomic E-state index is -0.282. The molecule has 2 amide bonds. The standard InChI is InChI=1S/C23H25N3O3/c1-16(27)17-6-5-7-18(14-17)24-22(28)20-15-21(20)23(29)26-12-10-25(11-13-26)19-8-3-2-4-9-19/h2-9,14,20-21H,10-13,15H2,1H3,(H,24,28). The van der Waals surface area contributed by atoms with Crippen LogP contribution in [0.3, 0.4) is 0 Å². The fourth-order valence-corrected chi connectivity index (χ4v) is 3.87. The van der Waals surface area contributed by atoms with Crippen molar-refractivity contribution in [3.8, 4) is 0 Å². The van der Waals surface area contributed by atoms with Crippen molar-refractivity contribution in [3.63, 3.8) is 0 Å². The van der Waals surface area contributed by atoms with Gasteiger partial charge in [-0.2, -0.15) is 0 Å². The first-order valence-corrected chi connectivity index (χ1v) is 10.0. The average Bonchev–Trinajstić information content (AvgIpc) is 3.55. The van der Waals surface area contributed by atoms with E-state index in [9.17, 15) is 14.4 Å². The van der Waals surface area contributed by atoms with Gasteiger partial charge in [-0.05, 0) is 37.6 Å². The third-order valence-electron chi connectivity index (χ3n) is 5.69. The zero-order chi connectivity index (χ0) is 20.4. The Labute approximate surface area is 170 Å². The number of para-hydroxylation sites is 1. The number of ketones is 1. The molecule has 29 heavy (non-hydrogen) atoms. The van der Waals surface area contributed by atoms with Crippen LogP contribution in [0.4, 0.5) is 11.4 Å². The van der Waals surface area contributed by atoms with Crippen molar-refractivity contribution in [3.05, 3.63) is 60.2 Å². The molecule has 4 rings (SSSR count). The molecule has 0 bridgehead atoms. The average molecular weight is 391 g/mol. The maximum Gasteiger partial charge on any atom is 0.228 e. The highest BCUT2D eigenvalue weighted by atomic mass is 16.2. The fourth-order valence-electron chi connectivity index (χ4n) is 3.87. The normalized spacial score (nSPS) is 20.9. The van der Waals surface area contributed by atoms with Crippen LogP contribution in [0.5, 0.6) is 0 Å². The van der Waals surface area contributed by atoms with Crippen LogP contribution in [0.15, 0.2) is 54.6 Å². The predicted octanol–water partition coefficient (Wildman–Crippen LogP) is 2.81. The van der Waals surface area contributed by atoms with Crippen LogP contribution in [0.25, 0.3) is 0 Å². The third kappa shape index (κ3) is 4.31. The van der Waals surface area contributed by atoms with E-state index in [0.29, 0.717) is 30.8 Å². The van der Waals surface area contributed by atoms with Gasteiger partial charge in [0.25, 0.3) is 0 Å². The first-order valence-electron chi connectivity index (χ1n) is 10.0. The number of carbonyl (C=O) groups excluding carboxylic acids is 3. The molecule has 2 fully saturated rings. The van der Waals surface area contributed by atoms with Crippen molar-refractivity contribution in [1.82, 2.24) is 4.90 Å². The summed E-state index contributed by atoms with van der Waals surface area (Å²) in [6.45, 7) is 4.46. The molecule has 0 aromatic heterocycles. The van der Waals surface area contributed by atoms with Crippen molar-refractivity contribution < 1.29 is 14.4 Å². The number of carbonyl (C=O) groups is 3. The Kier molecular flexibility index (Phi) is 5.34. The van der Waals surface area contributed by atoms with Gasteiger partial charge in [0.2, 0.25) is 11.8 Å². The molecule has 1 saturated carbocycles. The van der Waals surface area contributed by atoms with Crippen LogP contribution in [-0.4, -0.2) is 48.7 Å². The molecule has 2 aliphatic rings. The van der Waals surface area contributed by atoms with Gasteiger partial charge in [-0.1, -0.05) is 30.3 Å². The van der Waals surface area contributed by atoms with E-state index in [4.69, 9.17) is 0 Å². The number of amides is 2. The Hall–Kier alpha value is -3.15. The predicted molar refractivity (Wildman–Crippen MR) is 112 cm³/mol. The summed E-state index contributed by atoms with van der Waals surface area (Å²) in [5.74, 6) is -0.623. The van der Waals surface area contributed by atoms with Crippen molar-refractivity contribution in [1.29, 1.82) is 0 Å². The number of hydrogen-bond donors (Lipinski definition) is 1. The van der Waals surface area contributed by atoms with E-state index in [0.717, 1.165) is 13.1 Å². The van der Waals surface area contributed by atoms with Gasteiger partial charge in [0, 0.05) is 43.1 Å². The highest BCUT2D eigenvalue weighted by Crippen LogP contribution is 2.41. The number of piperazine rings is 1. The Morgan fingerprint density at radius 2 is 1.62 bits per heavy atom. The van der Waals surface area contributed by atoms with Crippen LogP contribution >= 0.6 is 0 Å². The van der Waals surface area contributed by atoms with Gasteiger partial charge in [-0.15, -0.1) is 0 Å². The minimum Gasteiger partial charge on any atom is -0.368 e. The largest absolute Gasteiger partial charge is 0.368 e. The molecule has 1 heterocycles. The molecule has 1 saturated heterocycles. The lowest BCUT2D eigenvalue weighted by Gasteiger charge is -2.36. The molecule has 0 spiro atoms. The molecule has 2 aromatic carbocycles. The quantitative estimate of drug-likeness (QED) is 0.796. The molecule has 2 atom stereocenters. The number of rotatable bonds is 5. The Morgan fingerprint density at radius 3 is 2.31 bits per heavy atom. The van der Waals surface area contributed by atoms with Gasteiger partial charge in [0.1, 0.15) is 0 Å². The number of anilines is 2. The number of Topliss-reactive ketones (excluding diaryl/α,β-unsaturated/α-hetero) is 1. The highest BCUT2D eigenvalue weighted by molar-refractivity contribution is 6.01. The molecule has 1 aliphatic heterocycles. The summed E-state index contributed by atoms with van der Waals surface area (Å²) in [5, 5.41) is 2.85. The topological polar surface area (TPSA) is 69.7 Å². The van der Waals surface area contributed by atoms with Crippen LogP contribution in [-0.2, 0) is 9.59 Å². The molecular formula is C23H25N3O3.